The van der Waals surface area contributed by atoms with Crippen molar-refractivity contribution in [3.05, 3.63) is 74.6 Å². The monoisotopic (exact) mass is 649 g/mol. The molecule has 0 radical (unpaired) electrons. The Balaban J connectivity index is 0.00000370. The molecule has 4 heterocycles. The molecule has 2 saturated heterocycles. The molecule has 0 spiro atoms. The lowest BCUT2D eigenvalue weighted by molar-refractivity contribution is -0.961. The van der Waals surface area contributed by atoms with Gasteiger partial charge in [-0.15, -0.1) is 0 Å². The molecule has 4 atom stereocenters. The van der Waals surface area contributed by atoms with Gasteiger partial charge in [0.15, 0.2) is 0 Å². The minimum Gasteiger partial charge on any atom is -1.00 e. The number of carbonyl (C=O) groups is 2. The Morgan fingerprint density at radius 1 is 1.05 bits per heavy atom. The fourth-order valence-electron chi connectivity index (χ4n) is 6.24. The van der Waals surface area contributed by atoms with Gasteiger partial charge in [0.05, 0.1) is 38.8 Å². The zero-order valence-electron chi connectivity index (χ0n) is 22.8. The predicted octanol–water partition coefficient (Wildman–Crippen LogP) is 2.26. The highest BCUT2D eigenvalue weighted by Crippen LogP contribution is 2.44. The van der Waals surface area contributed by atoms with E-state index in [1.54, 1.807) is 19.1 Å². The maximum Gasteiger partial charge on any atom is 0.348 e. The van der Waals surface area contributed by atoms with Gasteiger partial charge in [0.2, 0.25) is 5.60 Å². The highest BCUT2D eigenvalue weighted by Gasteiger charge is 2.53. The van der Waals surface area contributed by atoms with Crippen molar-refractivity contribution in [2.75, 3.05) is 20.3 Å². The first-order chi connectivity index (χ1) is 18.8. The number of nitrogens with zero attached hydrogens (tertiary/aromatic N) is 1. The number of halogens is 1. The number of benzene rings is 1. The largest absolute Gasteiger partial charge is 1.00 e. The summed E-state index contributed by atoms with van der Waals surface area (Å²) >= 11 is 2.90. The first-order valence-electron chi connectivity index (χ1n) is 13.5. The molecule has 1 N–H and O–H groups in total. The number of aliphatic hydroxyl groups is 1. The Labute approximate surface area is 254 Å². The molecule has 2 aliphatic rings. The molecule has 10 heteroatoms. The molecule has 0 aliphatic carbocycles. The van der Waals surface area contributed by atoms with Gasteiger partial charge in [0, 0.05) is 42.4 Å². The average molecular weight is 651 g/mol. The molecule has 2 aliphatic heterocycles. The third-order valence-corrected chi connectivity index (χ3v) is 9.69. The number of esters is 2. The van der Waals surface area contributed by atoms with Crippen LogP contribution in [0.15, 0.2) is 57.9 Å². The molecule has 5 rings (SSSR count). The van der Waals surface area contributed by atoms with E-state index in [4.69, 9.17) is 14.2 Å². The van der Waals surface area contributed by atoms with E-state index < -0.39 is 11.6 Å². The van der Waals surface area contributed by atoms with Crippen LogP contribution in [0.5, 0.6) is 5.75 Å². The van der Waals surface area contributed by atoms with Crippen molar-refractivity contribution < 1.29 is 50.4 Å². The standard InChI is InChI=1S/C30H36NO6S2.BrH/c1-3-35-28(32)9-12-36-26-6-4-5-21(15-26)18-31(2)24-7-8-25(31)17-27(16-24)37-29(33)30(34,22-10-13-38-19-22)23-11-14-39-20-23;/h4-6,10-11,13-15,19-20,24-25,27,34H,3,7-9,12,16-18H2,1-2H3;1H/q+1;/p-1/t24-,25+,27+,31-;. The van der Waals surface area contributed by atoms with Gasteiger partial charge in [-0.05, 0) is 52.7 Å². The van der Waals surface area contributed by atoms with E-state index in [0.29, 0.717) is 29.8 Å². The van der Waals surface area contributed by atoms with E-state index in [1.807, 2.05) is 33.7 Å². The van der Waals surface area contributed by atoms with E-state index in [1.165, 1.54) is 28.2 Å². The average Bonchev–Trinajstić information content (AvgIpc) is 3.66. The molecule has 2 bridgehead atoms. The smallest absolute Gasteiger partial charge is 0.348 e. The molecule has 0 amide bonds. The van der Waals surface area contributed by atoms with E-state index in [2.05, 4.69) is 19.2 Å². The van der Waals surface area contributed by atoms with Crippen LogP contribution in [0.2, 0.25) is 0 Å². The van der Waals surface area contributed by atoms with E-state index in [9.17, 15) is 14.7 Å². The summed E-state index contributed by atoms with van der Waals surface area (Å²) in [6, 6.07) is 12.4. The number of rotatable bonds is 11. The number of piperidine rings is 1. The summed E-state index contributed by atoms with van der Waals surface area (Å²) in [5.41, 5.74) is 0.504. The van der Waals surface area contributed by atoms with Gasteiger partial charge in [-0.25, -0.2) is 4.79 Å². The molecular weight excluding hydrogens is 614 g/mol. The second kappa shape index (κ2) is 13.2. The number of hydrogen-bond acceptors (Lipinski definition) is 8. The van der Waals surface area contributed by atoms with Gasteiger partial charge in [0.25, 0.3) is 0 Å². The highest BCUT2D eigenvalue weighted by molar-refractivity contribution is 7.08. The summed E-state index contributed by atoms with van der Waals surface area (Å²) in [7, 11) is 2.31. The van der Waals surface area contributed by atoms with Crippen LogP contribution < -0.4 is 21.7 Å². The third kappa shape index (κ3) is 6.31. The van der Waals surface area contributed by atoms with Crippen molar-refractivity contribution in [3.63, 3.8) is 0 Å². The Morgan fingerprint density at radius 3 is 2.27 bits per heavy atom. The van der Waals surface area contributed by atoms with Gasteiger partial charge in [-0.1, -0.05) is 12.1 Å². The number of fused-ring (bicyclic) bond motifs is 2. The van der Waals surface area contributed by atoms with Crippen molar-refractivity contribution in [1.29, 1.82) is 0 Å². The molecule has 7 nitrogen and oxygen atoms in total. The third-order valence-electron chi connectivity index (χ3n) is 8.32. The fourth-order valence-corrected chi connectivity index (χ4v) is 7.64. The van der Waals surface area contributed by atoms with Gasteiger partial charge in [0.1, 0.15) is 18.4 Å². The zero-order valence-corrected chi connectivity index (χ0v) is 26.0. The number of hydrogen-bond donors (Lipinski definition) is 1. The van der Waals surface area contributed by atoms with Gasteiger partial charge in [-0.2, -0.15) is 22.7 Å². The Hall–Kier alpha value is -2.24. The molecule has 0 saturated carbocycles. The van der Waals surface area contributed by atoms with Crippen molar-refractivity contribution in [1.82, 2.24) is 0 Å². The van der Waals surface area contributed by atoms with Crippen LogP contribution >= 0.6 is 22.7 Å². The fraction of sp³-hybridized carbons (Fsp3) is 0.467. The number of ether oxygens (including phenoxy) is 3. The molecule has 3 aromatic rings. The summed E-state index contributed by atoms with van der Waals surface area (Å²) in [6.07, 6.45) is 3.73. The van der Waals surface area contributed by atoms with E-state index >= 15 is 0 Å². The molecule has 40 heavy (non-hydrogen) atoms. The lowest BCUT2D eigenvalue weighted by atomic mass is 9.89. The predicted molar refractivity (Wildman–Crippen MR) is 151 cm³/mol. The van der Waals surface area contributed by atoms with Crippen molar-refractivity contribution in [2.45, 2.75) is 69.4 Å². The first-order valence-corrected chi connectivity index (χ1v) is 15.4. The molecule has 216 valence electrons. The van der Waals surface area contributed by atoms with Crippen LogP contribution in [-0.4, -0.2) is 60.0 Å². The summed E-state index contributed by atoms with van der Waals surface area (Å²) in [5, 5.41) is 19.0. The van der Waals surface area contributed by atoms with Crippen molar-refractivity contribution in [3.8, 4) is 5.75 Å². The zero-order chi connectivity index (χ0) is 27.5. The van der Waals surface area contributed by atoms with Crippen LogP contribution in [0.3, 0.4) is 0 Å². The van der Waals surface area contributed by atoms with Crippen LogP contribution in [-0.2, 0) is 31.2 Å². The highest BCUT2D eigenvalue weighted by atomic mass is 79.9. The van der Waals surface area contributed by atoms with Crippen LogP contribution in [0, 0.1) is 0 Å². The molecule has 2 fully saturated rings. The number of thiophene rings is 2. The van der Waals surface area contributed by atoms with Gasteiger partial charge >= 0.3 is 11.9 Å². The molecule has 1 aromatic carbocycles. The lowest BCUT2D eigenvalue weighted by Crippen LogP contribution is -3.00. The Kier molecular flexibility index (Phi) is 10.1. The number of quaternary nitrogens is 1. The molecule has 2 aromatic heterocycles. The summed E-state index contributed by atoms with van der Waals surface area (Å²) < 4.78 is 17.8. The topological polar surface area (TPSA) is 82.1 Å². The van der Waals surface area contributed by atoms with Crippen molar-refractivity contribution in [2.24, 2.45) is 0 Å². The van der Waals surface area contributed by atoms with Crippen LogP contribution in [0.1, 0.15) is 55.7 Å². The quantitative estimate of drug-likeness (QED) is 0.254. The van der Waals surface area contributed by atoms with Crippen LogP contribution in [0.25, 0.3) is 0 Å². The number of carbonyl (C=O) groups excluding carboxylic acids is 2. The normalized spacial score (nSPS) is 23.7. The maximum absolute atomic E-state index is 13.5. The second-order valence-electron chi connectivity index (χ2n) is 10.7. The Morgan fingerprint density at radius 2 is 1.70 bits per heavy atom. The van der Waals surface area contributed by atoms with E-state index in [-0.39, 0.29) is 42.1 Å². The molecule has 0 unspecified atom stereocenters. The van der Waals surface area contributed by atoms with Gasteiger partial charge < -0.3 is 40.8 Å². The maximum atomic E-state index is 13.5. The van der Waals surface area contributed by atoms with Crippen LogP contribution in [0.4, 0.5) is 0 Å². The minimum absolute atomic E-state index is 0. The minimum atomic E-state index is -1.79. The SMILES string of the molecule is CCOC(=O)CCOc1cccc(C[N@+]2(C)[C@@H]3CC[C@H]2C[C@@H](OC(=O)C(O)(c2ccsc2)c2ccsc2)C3)c1.[Br-]. The van der Waals surface area contributed by atoms with Gasteiger partial charge in [-0.3, -0.25) is 4.79 Å². The Bertz CT molecular complexity index is 1220. The van der Waals surface area contributed by atoms with Crippen molar-refractivity contribution >= 4 is 34.6 Å². The summed E-state index contributed by atoms with van der Waals surface area (Å²) in [5.74, 6) is -0.0934. The molecular formula is C30H36BrNO6S2. The summed E-state index contributed by atoms with van der Waals surface area (Å²) in [6.45, 7) is 3.31. The first kappa shape index (κ1) is 30.7. The second-order valence-corrected chi connectivity index (χ2v) is 12.2. The summed E-state index contributed by atoms with van der Waals surface area (Å²) in [4.78, 5) is 25.1. The van der Waals surface area contributed by atoms with E-state index in [0.717, 1.165) is 42.5 Å². The lowest BCUT2D eigenvalue weighted by Gasteiger charge is -2.47.